The lowest BCUT2D eigenvalue weighted by Gasteiger charge is -2.16. The second kappa shape index (κ2) is 8.94. The Morgan fingerprint density at radius 1 is 1.00 bits per heavy atom. The number of halogens is 1. The van der Waals surface area contributed by atoms with Crippen molar-refractivity contribution in [2.75, 3.05) is 0 Å². The van der Waals surface area contributed by atoms with Crippen LogP contribution >= 0.6 is 11.6 Å². The van der Waals surface area contributed by atoms with Crippen LogP contribution in [0.15, 0.2) is 66.7 Å². The van der Waals surface area contributed by atoms with E-state index in [0.717, 1.165) is 11.1 Å². The molecule has 1 amide bonds. The average Bonchev–Trinajstić information content (AvgIpc) is 2.69. The number of aryl methyl sites for hydroxylation is 2. The molecule has 0 spiro atoms. The van der Waals surface area contributed by atoms with Crippen molar-refractivity contribution in [3.05, 3.63) is 99.6 Å². The number of ether oxygens (including phenoxy) is 1. The van der Waals surface area contributed by atoms with E-state index in [9.17, 15) is 4.79 Å². The highest BCUT2D eigenvalue weighted by atomic mass is 35.5. The average molecular weight is 394 g/mol. The van der Waals surface area contributed by atoms with Crippen molar-refractivity contribution in [2.45, 2.75) is 33.4 Å². The van der Waals surface area contributed by atoms with Crippen molar-refractivity contribution >= 4 is 17.5 Å². The van der Waals surface area contributed by atoms with Crippen molar-refractivity contribution in [1.29, 1.82) is 0 Å². The van der Waals surface area contributed by atoms with E-state index in [2.05, 4.69) is 37.4 Å². The molecule has 1 atom stereocenters. The molecule has 0 radical (unpaired) electrons. The van der Waals surface area contributed by atoms with Gasteiger partial charge in [-0.2, -0.15) is 0 Å². The second-order valence-electron chi connectivity index (χ2n) is 6.94. The van der Waals surface area contributed by atoms with Crippen LogP contribution in [-0.2, 0) is 6.61 Å². The first-order valence-corrected chi connectivity index (χ1v) is 9.66. The molecule has 0 aliphatic heterocycles. The molecule has 3 nitrogen and oxygen atoms in total. The molecular weight excluding hydrogens is 370 g/mol. The Kier molecular flexibility index (Phi) is 6.37. The SMILES string of the molecule is Cc1ccc([C@@H](C)NC(=O)c2ccc(OCc3ccccc3Cl)cc2)cc1C. The summed E-state index contributed by atoms with van der Waals surface area (Å²) in [4.78, 5) is 12.5. The Labute approximate surface area is 171 Å². The zero-order chi connectivity index (χ0) is 20.1. The Morgan fingerprint density at radius 2 is 1.71 bits per heavy atom. The van der Waals surface area contributed by atoms with Crippen molar-refractivity contribution in [1.82, 2.24) is 5.32 Å². The monoisotopic (exact) mass is 393 g/mol. The molecule has 144 valence electrons. The molecule has 3 aromatic rings. The Morgan fingerprint density at radius 3 is 2.39 bits per heavy atom. The molecule has 1 N–H and O–H groups in total. The summed E-state index contributed by atoms with van der Waals surface area (Å²) in [5, 5.41) is 3.73. The lowest BCUT2D eigenvalue weighted by atomic mass is 10.0. The minimum absolute atomic E-state index is 0.0667. The predicted octanol–water partition coefficient (Wildman–Crippen LogP) is 6.03. The van der Waals surface area contributed by atoms with E-state index in [1.54, 1.807) is 24.3 Å². The molecule has 3 aromatic carbocycles. The molecule has 0 aliphatic rings. The minimum Gasteiger partial charge on any atom is -0.489 e. The largest absolute Gasteiger partial charge is 0.489 e. The third-order valence-corrected chi connectivity index (χ3v) is 5.22. The summed E-state index contributed by atoms with van der Waals surface area (Å²) in [6.07, 6.45) is 0. The van der Waals surface area contributed by atoms with Crippen LogP contribution < -0.4 is 10.1 Å². The van der Waals surface area contributed by atoms with E-state index in [0.29, 0.717) is 22.9 Å². The molecule has 0 saturated heterocycles. The van der Waals surface area contributed by atoms with E-state index in [-0.39, 0.29) is 11.9 Å². The highest BCUT2D eigenvalue weighted by Crippen LogP contribution is 2.20. The number of benzene rings is 3. The summed E-state index contributed by atoms with van der Waals surface area (Å²) < 4.78 is 5.77. The molecule has 0 bridgehead atoms. The maximum atomic E-state index is 12.5. The van der Waals surface area contributed by atoms with E-state index in [1.807, 2.05) is 31.2 Å². The van der Waals surface area contributed by atoms with Crippen molar-refractivity contribution < 1.29 is 9.53 Å². The first-order chi connectivity index (χ1) is 13.4. The molecule has 28 heavy (non-hydrogen) atoms. The molecule has 0 fully saturated rings. The summed E-state index contributed by atoms with van der Waals surface area (Å²) in [7, 11) is 0. The van der Waals surface area contributed by atoms with Gasteiger partial charge in [-0.05, 0) is 67.8 Å². The molecule has 0 saturated carbocycles. The van der Waals surface area contributed by atoms with Crippen molar-refractivity contribution in [2.24, 2.45) is 0 Å². The van der Waals surface area contributed by atoms with Gasteiger partial charge in [0.15, 0.2) is 0 Å². The molecule has 3 rings (SSSR count). The maximum Gasteiger partial charge on any atom is 0.251 e. The lowest BCUT2D eigenvalue weighted by Crippen LogP contribution is -2.26. The quantitative estimate of drug-likeness (QED) is 0.555. The van der Waals surface area contributed by atoms with Crippen LogP contribution in [0.1, 0.15) is 45.6 Å². The standard InChI is InChI=1S/C24H24ClNO2/c1-16-8-9-20(14-17(16)2)18(3)26-24(27)19-10-12-22(13-11-19)28-15-21-6-4-5-7-23(21)25/h4-14,18H,15H2,1-3H3,(H,26,27)/t18-/m1/s1. The van der Waals surface area contributed by atoms with Gasteiger partial charge in [-0.25, -0.2) is 0 Å². The fourth-order valence-electron chi connectivity index (χ4n) is 2.88. The number of hydrogen-bond donors (Lipinski definition) is 1. The van der Waals surface area contributed by atoms with Gasteiger partial charge in [0.05, 0.1) is 6.04 Å². The van der Waals surface area contributed by atoms with Gasteiger partial charge in [0.2, 0.25) is 0 Å². The van der Waals surface area contributed by atoms with Crippen LogP contribution in [0.2, 0.25) is 5.02 Å². The lowest BCUT2D eigenvalue weighted by molar-refractivity contribution is 0.0940. The van der Waals surface area contributed by atoms with Gasteiger partial charge in [-0.1, -0.05) is 48.0 Å². The number of rotatable bonds is 6. The number of carbonyl (C=O) groups excluding carboxylic acids is 1. The first kappa shape index (κ1) is 20.0. The Bertz CT molecular complexity index is 967. The summed E-state index contributed by atoms with van der Waals surface area (Å²) in [5.74, 6) is 0.585. The van der Waals surface area contributed by atoms with Crippen LogP contribution in [-0.4, -0.2) is 5.91 Å². The second-order valence-corrected chi connectivity index (χ2v) is 7.35. The highest BCUT2D eigenvalue weighted by molar-refractivity contribution is 6.31. The predicted molar refractivity (Wildman–Crippen MR) is 114 cm³/mol. The van der Waals surface area contributed by atoms with E-state index in [1.165, 1.54) is 11.1 Å². The van der Waals surface area contributed by atoms with Crippen LogP contribution in [0.3, 0.4) is 0 Å². The molecular formula is C24H24ClNO2. The van der Waals surface area contributed by atoms with Crippen LogP contribution in [0.4, 0.5) is 0 Å². The fraction of sp³-hybridized carbons (Fsp3) is 0.208. The normalized spacial score (nSPS) is 11.7. The summed E-state index contributed by atoms with van der Waals surface area (Å²) >= 11 is 6.14. The molecule has 0 unspecified atom stereocenters. The van der Waals surface area contributed by atoms with Gasteiger partial charge in [-0.15, -0.1) is 0 Å². The summed E-state index contributed by atoms with van der Waals surface area (Å²) in [6, 6.07) is 20.9. The van der Waals surface area contributed by atoms with Gasteiger partial charge in [0, 0.05) is 16.1 Å². The van der Waals surface area contributed by atoms with Crippen LogP contribution in [0.5, 0.6) is 5.75 Å². The van der Waals surface area contributed by atoms with Gasteiger partial charge in [0.25, 0.3) is 5.91 Å². The number of amides is 1. The number of carbonyl (C=O) groups is 1. The fourth-order valence-corrected chi connectivity index (χ4v) is 3.07. The first-order valence-electron chi connectivity index (χ1n) is 9.28. The Hall–Kier alpha value is -2.78. The maximum absolute atomic E-state index is 12.5. The van der Waals surface area contributed by atoms with Crippen LogP contribution in [0, 0.1) is 13.8 Å². The number of hydrogen-bond acceptors (Lipinski definition) is 2. The van der Waals surface area contributed by atoms with Gasteiger partial charge >= 0.3 is 0 Å². The molecule has 0 aliphatic carbocycles. The van der Waals surface area contributed by atoms with E-state index in [4.69, 9.17) is 16.3 Å². The minimum atomic E-state index is -0.108. The van der Waals surface area contributed by atoms with Crippen molar-refractivity contribution in [3.8, 4) is 5.75 Å². The molecule has 0 heterocycles. The van der Waals surface area contributed by atoms with Crippen molar-refractivity contribution in [3.63, 3.8) is 0 Å². The summed E-state index contributed by atoms with van der Waals surface area (Å²) in [5.41, 5.74) is 5.08. The van der Waals surface area contributed by atoms with E-state index < -0.39 is 0 Å². The third kappa shape index (κ3) is 4.93. The summed E-state index contributed by atoms with van der Waals surface area (Å²) in [6.45, 7) is 6.53. The van der Waals surface area contributed by atoms with Gasteiger partial charge < -0.3 is 10.1 Å². The van der Waals surface area contributed by atoms with Gasteiger partial charge in [-0.3, -0.25) is 4.79 Å². The zero-order valence-corrected chi connectivity index (χ0v) is 17.1. The smallest absolute Gasteiger partial charge is 0.251 e. The molecule has 0 aromatic heterocycles. The third-order valence-electron chi connectivity index (χ3n) is 4.85. The number of nitrogens with one attached hydrogen (secondary N) is 1. The van der Waals surface area contributed by atoms with Gasteiger partial charge in [0.1, 0.15) is 12.4 Å². The van der Waals surface area contributed by atoms with E-state index >= 15 is 0 Å². The zero-order valence-electron chi connectivity index (χ0n) is 16.3. The Balaban J connectivity index is 1.60. The molecule has 4 heteroatoms. The van der Waals surface area contributed by atoms with Crippen LogP contribution in [0.25, 0.3) is 0 Å². The topological polar surface area (TPSA) is 38.3 Å². The highest BCUT2D eigenvalue weighted by Gasteiger charge is 2.12.